The molecule has 2 aliphatic heterocycles. The van der Waals surface area contributed by atoms with Crippen molar-refractivity contribution in [1.82, 2.24) is 0 Å². The van der Waals surface area contributed by atoms with Crippen molar-refractivity contribution >= 4 is 41.0 Å². The van der Waals surface area contributed by atoms with Gasteiger partial charge in [0.05, 0.1) is 0 Å². The molecule has 0 amide bonds. The number of allylic oxidation sites excluding steroid dienone is 4. The molecule has 67 heavy (non-hydrogen) atoms. The number of nitrogens with one attached hydrogen (secondary N) is 1. The third kappa shape index (κ3) is 6.21. The normalized spacial score (nSPS) is 20.9. The second kappa shape index (κ2) is 14.0. The SMILES string of the molecule is CC1(C)CCC(C)(C)c2cc(Nc3cc4c(cc3-c3cc(-c5ccccc5)cc5c3Bc3cccc6c3N5C3=C(C=CCC3)C6(C)C)-c3cc5c(cc3C4(C)C)C(C)(C)CCC5(C)C)ccc21. The predicted molar refractivity (Wildman–Crippen MR) is 289 cm³/mol. The molecule has 12 rings (SSSR count). The number of para-hydroxylation sites is 1. The lowest BCUT2D eigenvalue weighted by molar-refractivity contribution is 0.331. The molecule has 0 atom stereocenters. The zero-order chi connectivity index (χ0) is 46.8. The highest BCUT2D eigenvalue weighted by Gasteiger charge is 2.45. The Bertz CT molecular complexity index is 3180. The molecule has 338 valence electrons. The lowest BCUT2D eigenvalue weighted by Crippen LogP contribution is -2.47. The second-order valence-electron chi connectivity index (χ2n) is 25.1. The van der Waals surface area contributed by atoms with E-state index in [4.69, 9.17) is 0 Å². The average molecular weight is 877 g/mol. The smallest absolute Gasteiger partial charge is 0.198 e. The van der Waals surface area contributed by atoms with Crippen molar-refractivity contribution in [1.29, 1.82) is 0 Å². The van der Waals surface area contributed by atoms with E-state index in [0.717, 1.165) is 20.1 Å². The van der Waals surface area contributed by atoms with E-state index in [1.807, 2.05) is 0 Å². The maximum Gasteiger partial charge on any atom is 0.198 e. The van der Waals surface area contributed by atoms with Crippen LogP contribution in [0.4, 0.5) is 22.7 Å². The van der Waals surface area contributed by atoms with Crippen molar-refractivity contribution in [2.75, 3.05) is 10.2 Å². The molecular formula is C64H69BN2. The first-order chi connectivity index (χ1) is 31.7. The summed E-state index contributed by atoms with van der Waals surface area (Å²) >= 11 is 0. The van der Waals surface area contributed by atoms with Crippen LogP contribution in [0.25, 0.3) is 33.4 Å². The summed E-state index contributed by atoms with van der Waals surface area (Å²) in [5.41, 5.74) is 29.4. The fraction of sp³-hybridized carbons (Fsp3) is 0.375. The molecule has 0 spiro atoms. The zero-order valence-corrected chi connectivity index (χ0v) is 42.4. The van der Waals surface area contributed by atoms with Gasteiger partial charge in [-0.1, -0.05) is 161 Å². The highest BCUT2D eigenvalue weighted by Crippen LogP contribution is 2.58. The van der Waals surface area contributed by atoms with Gasteiger partial charge < -0.3 is 10.2 Å². The van der Waals surface area contributed by atoms with Crippen molar-refractivity contribution < 1.29 is 0 Å². The Labute approximate surface area is 402 Å². The molecule has 2 heterocycles. The molecule has 4 aliphatic carbocycles. The summed E-state index contributed by atoms with van der Waals surface area (Å²) in [5.74, 6) is 0. The minimum absolute atomic E-state index is 0.0790. The predicted octanol–water partition coefficient (Wildman–Crippen LogP) is 15.5. The molecular weight excluding hydrogens is 808 g/mol. The van der Waals surface area contributed by atoms with Crippen LogP contribution < -0.4 is 21.1 Å². The van der Waals surface area contributed by atoms with Crippen molar-refractivity contribution in [3.05, 3.63) is 165 Å². The van der Waals surface area contributed by atoms with Crippen LogP contribution in [0, 0.1) is 0 Å². The fourth-order valence-electron chi connectivity index (χ4n) is 13.8. The minimum Gasteiger partial charge on any atom is -0.355 e. The molecule has 6 aliphatic rings. The monoisotopic (exact) mass is 877 g/mol. The maximum atomic E-state index is 4.22. The Kier molecular flexibility index (Phi) is 8.96. The van der Waals surface area contributed by atoms with Crippen LogP contribution in [0.1, 0.15) is 161 Å². The maximum absolute atomic E-state index is 4.22. The number of rotatable bonds is 4. The molecule has 0 saturated heterocycles. The van der Waals surface area contributed by atoms with Crippen LogP contribution in [0.15, 0.2) is 127 Å². The zero-order valence-electron chi connectivity index (χ0n) is 42.4. The van der Waals surface area contributed by atoms with E-state index in [9.17, 15) is 0 Å². The first kappa shape index (κ1) is 42.8. The van der Waals surface area contributed by atoms with E-state index in [1.165, 1.54) is 137 Å². The molecule has 3 heteroatoms. The van der Waals surface area contributed by atoms with E-state index in [2.05, 4.69) is 209 Å². The molecule has 0 aromatic heterocycles. The Hall–Kier alpha value is -5.54. The Morgan fingerprint density at radius 1 is 0.493 bits per heavy atom. The van der Waals surface area contributed by atoms with Gasteiger partial charge in [-0.2, -0.15) is 0 Å². The molecule has 0 unspecified atom stereocenters. The van der Waals surface area contributed by atoms with Crippen molar-refractivity contribution in [2.45, 2.75) is 154 Å². The van der Waals surface area contributed by atoms with Crippen molar-refractivity contribution in [3.63, 3.8) is 0 Å². The lowest BCUT2D eigenvalue weighted by atomic mass is 9.55. The number of anilines is 4. The van der Waals surface area contributed by atoms with E-state index in [1.54, 1.807) is 5.56 Å². The van der Waals surface area contributed by atoms with E-state index >= 15 is 0 Å². The molecule has 0 bridgehead atoms. The molecule has 6 aromatic rings. The van der Waals surface area contributed by atoms with Crippen LogP contribution in [-0.4, -0.2) is 7.28 Å². The van der Waals surface area contributed by atoms with Crippen molar-refractivity contribution in [3.8, 4) is 33.4 Å². The molecule has 6 aromatic carbocycles. The largest absolute Gasteiger partial charge is 0.355 e. The van der Waals surface area contributed by atoms with E-state index < -0.39 is 0 Å². The Balaban J connectivity index is 1.15. The number of benzene rings is 6. The topological polar surface area (TPSA) is 15.3 Å². The van der Waals surface area contributed by atoms with E-state index in [-0.39, 0.29) is 32.5 Å². The summed E-state index contributed by atoms with van der Waals surface area (Å²) in [6.45, 7) is 29.5. The highest BCUT2D eigenvalue weighted by molar-refractivity contribution is 6.73. The van der Waals surface area contributed by atoms with Gasteiger partial charge >= 0.3 is 0 Å². The summed E-state index contributed by atoms with van der Waals surface area (Å²) in [6, 6.07) is 41.1. The Morgan fingerprint density at radius 2 is 1.13 bits per heavy atom. The Morgan fingerprint density at radius 3 is 1.85 bits per heavy atom. The second-order valence-corrected chi connectivity index (χ2v) is 25.1. The molecule has 0 radical (unpaired) electrons. The van der Waals surface area contributed by atoms with Gasteiger partial charge in [0.25, 0.3) is 0 Å². The first-order valence-electron chi connectivity index (χ1n) is 25.5. The summed E-state index contributed by atoms with van der Waals surface area (Å²) in [7, 11) is 0.880. The lowest BCUT2D eigenvalue weighted by Gasteiger charge is -2.48. The van der Waals surface area contributed by atoms with Crippen LogP contribution in [0.2, 0.25) is 0 Å². The number of nitrogens with zero attached hydrogens (tertiary/aromatic N) is 1. The van der Waals surface area contributed by atoms with Crippen LogP contribution in [-0.2, 0) is 32.5 Å². The first-order valence-corrected chi connectivity index (χ1v) is 25.5. The summed E-state index contributed by atoms with van der Waals surface area (Å²) in [5, 5.41) is 4.22. The van der Waals surface area contributed by atoms with E-state index in [0.29, 0.717) is 0 Å². The van der Waals surface area contributed by atoms with Gasteiger partial charge in [0.15, 0.2) is 7.28 Å². The van der Waals surface area contributed by atoms with Gasteiger partial charge in [-0.05, 0) is 180 Å². The summed E-state index contributed by atoms with van der Waals surface area (Å²) < 4.78 is 0. The molecule has 1 N–H and O–H groups in total. The van der Waals surface area contributed by atoms with Crippen LogP contribution in [0.3, 0.4) is 0 Å². The third-order valence-electron chi connectivity index (χ3n) is 18.3. The van der Waals surface area contributed by atoms with Gasteiger partial charge in [0.2, 0.25) is 0 Å². The average Bonchev–Trinajstić information content (AvgIpc) is 3.51. The molecule has 0 saturated carbocycles. The summed E-state index contributed by atoms with van der Waals surface area (Å²) in [4.78, 5) is 2.71. The van der Waals surface area contributed by atoms with Gasteiger partial charge in [-0.3, -0.25) is 0 Å². The van der Waals surface area contributed by atoms with Gasteiger partial charge in [-0.15, -0.1) is 0 Å². The van der Waals surface area contributed by atoms with Crippen LogP contribution in [0.5, 0.6) is 0 Å². The van der Waals surface area contributed by atoms with Crippen LogP contribution >= 0.6 is 0 Å². The van der Waals surface area contributed by atoms with Gasteiger partial charge in [-0.25, -0.2) is 0 Å². The fourth-order valence-corrected chi connectivity index (χ4v) is 13.8. The molecule has 2 nitrogen and oxygen atoms in total. The number of fused-ring (bicyclic) bond motifs is 8. The molecule has 0 fully saturated rings. The van der Waals surface area contributed by atoms with Gasteiger partial charge in [0, 0.05) is 44.8 Å². The number of hydrogen-bond acceptors (Lipinski definition) is 2. The standard InChI is InChI=1S/C64H69BN2/c1-59(2)27-28-60(3,4)50-33-40(25-26-45(50)59)66-54-37-49-41(42-35-51-52(36-48(42)64(49,11)12)62(7,8)30-29-61(51,5)6)34-43(54)44-31-39(38-19-14-13-15-20-38)32-56-57(44)65-53-23-18-22-47-58(53)67(56)55-24-17-16-21-46(55)63(47,9)10/h13-16,18-23,25-26,31-37,65-66H,17,24,27-30H2,1-12H3. The van der Waals surface area contributed by atoms with Gasteiger partial charge in [0.1, 0.15) is 0 Å². The van der Waals surface area contributed by atoms with Crippen molar-refractivity contribution in [2.24, 2.45) is 0 Å². The summed E-state index contributed by atoms with van der Waals surface area (Å²) in [6.07, 6.45) is 11.7. The highest BCUT2D eigenvalue weighted by atomic mass is 15.2. The minimum atomic E-state index is -0.174. The quantitative estimate of drug-likeness (QED) is 0.178. The third-order valence-corrected chi connectivity index (χ3v) is 18.3. The number of hydrogen-bond donors (Lipinski definition) is 1.